The van der Waals surface area contributed by atoms with Gasteiger partial charge in [-0.15, -0.1) is 0 Å². The van der Waals surface area contributed by atoms with Gasteiger partial charge in [0.1, 0.15) is 0 Å². The molecular formula is C19H24N2O. The third kappa shape index (κ3) is 1.81. The number of amides is 1. The maximum atomic E-state index is 13.8. The number of nitrogens with zero attached hydrogens (tertiary/aromatic N) is 2. The average Bonchev–Trinajstić information content (AvgIpc) is 2.66. The van der Waals surface area contributed by atoms with Gasteiger partial charge in [-0.1, -0.05) is 12.1 Å². The lowest BCUT2D eigenvalue weighted by molar-refractivity contribution is 0.00258. The summed E-state index contributed by atoms with van der Waals surface area (Å²) in [6.07, 6.45) is -1.37. The highest BCUT2D eigenvalue weighted by molar-refractivity contribution is 5.97. The van der Waals surface area contributed by atoms with Crippen LogP contribution in [0.25, 0.3) is 0 Å². The molecule has 3 fully saturated rings. The third-order valence-electron chi connectivity index (χ3n) is 5.21. The van der Waals surface area contributed by atoms with Gasteiger partial charge >= 0.3 is 0 Å². The number of carbonyl (C=O) groups excluding carboxylic acids is 1. The molecule has 3 nitrogen and oxygen atoms in total. The molecular weight excluding hydrogens is 272 g/mol. The summed E-state index contributed by atoms with van der Waals surface area (Å²) in [7, 11) is 0. The van der Waals surface area contributed by atoms with Crippen molar-refractivity contribution in [1.29, 1.82) is 0 Å². The quantitative estimate of drug-likeness (QED) is 0.796. The molecule has 3 heteroatoms. The molecule has 116 valence electrons. The minimum atomic E-state index is -2.38. The number of fused-ring (bicyclic) bond motifs is 3. The van der Waals surface area contributed by atoms with Crippen LogP contribution in [0.1, 0.15) is 65.4 Å². The average molecular weight is 305 g/mol. The van der Waals surface area contributed by atoms with Crippen LogP contribution in [0.3, 0.4) is 0 Å². The summed E-state index contributed by atoms with van der Waals surface area (Å²) in [6.45, 7) is -1.12. The topological polar surface area (TPSA) is 23.6 Å². The first-order valence-corrected chi connectivity index (χ1v) is 7.97. The molecule has 2 bridgehead atoms. The number of piperidine rings is 3. The maximum absolute atomic E-state index is 13.8. The monoisotopic (exact) mass is 305 g/mol. The Hall–Kier alpha value is -1.35. The molecule has 0 aromatic heterocycles. The Morgan fingerprint density at radius 2 is 2.14 bits per heavy atom. The fraction of sp³-hybridized carbons (Fsp3) is 0.632. The summed E-state index contributed by atoms with van der Waals surface area (Å²) < 4.78 is 77.6. The van der Waals surface area contributed by atoms with Crippen LogP contribution in [0, 0.1) is 5.89 Å². The molecule has 2 atom stereocenters. The van der Waals surface area contributed by atoms with Crippen LogP contribution in [0.4, 0.5) is 0 Å². The highest BCUT2D eigenvalue weighted by Gasteiger charge is 2.43. The lowest BCUT2D eigenvalue weighted by Gasteiger charge is -2.51. The van der Waals surface area contributed by atoms with E-state index in [1.165, 1.54) is 0 Å². The molecule has 1 amide bonds. The number of rotatable bonds is 1. The van der Waals surface area contributed by atoms with E-state index in [1.807, 2.05) is 4.90 Å². The van der Waals surface area contributed by atoms with E-state index in [2.05, 4.69) is 0 Å². The zero-order valence-corrected chi connectivity index (χ0v) is 12.3. The van der Waals surface area contributed by atoms with Gasteiger partial charge in [-0.2, -0.15) is 0 Å². The van der Waals surface area contributed by atoms with Gasteiger partial charge in [0, 0.05) is 34.7 Å². The van der Waals surface area contributed by atoms with Crippen molar-refractivity contribution in [1.82, 2.24) is 9.80 Å². The van der Waals surface area contributed by atoms with Crippen molar-refractivity contribution in [3.8, 4) is 0 Å². The molecule has 22 heavy (non-hydrogen) atoms. The second-order valence-electron chi connectivity index (χ2n) is 6.40. The van der Waals surface area contributed by atoms with Crippen molar-refractivity contribution in [3.05, 3.63) is 34.8 Å². The van der Waals surface area contributed by atoms with Gasteiger partial charge in [0.05, 0.1) is 8.22 Å². The zero-order valence-electron chi connectivity index (χ0n) is 21.3. The van der Waals surface area contributed by atoms with Crippen LogP contribution in [-0.4, -0.2) is 47.9 Å². The Morgan fingerprint density at radius 3 is 2.95 bits per heavy atom. The van der Waals surface area contributed by atoms with Crippen molar-refractivity contribution in [2.24, 2.45) is 5.89 Å². The minimum absolute atomic E-state index is 0.0115. The van der Waals surface area contributed by atoms with Crippen LogP contribution in [0.5, 0.6) is 0 Å². The summed E-state index contributed by atoms with van der Waals surface area (Å²) in [4.78, 5) is 16.6. The van der Waals surface area contributed by atoms with Gasteiger partial charge in [-0.3, -0.25) is 4.79 Å². The number of carbonyl (C=O) groups is 1. The van der Waals surface area contributed by atoms with Crippen LogP contribution in [0.15, 0.2) is 18.1 Å². The summed E-state index contributed by atoms with van der Waals surface area (Å²) in [6, 6.07) is -3.44. The van der Waals surface area contributed by atoms with E-state index in [9.17, 15) is 6.17 Å². The van der Waals surface area contributed by atoms with Gasteiger partial charge in [-0.05, 0) is 68.2 Å². The maximum Gasteiger partial charge on any atom is 0.254 e. The van der Waals surface area contributed by atoms with E-state index >= 15 is 0 Å². The van der Waals surface area contributed by atoms with Crippen molar-refractivity contribution < 1.29 is 17.1 Å². The van der Waals surface area contributed by atoms with Crippen LogP contribution in [-0.2, 0) is 6.37 Å². The van der Waals surface area contributed by atoms with E-state index in [1.54, 1.807) is 0 Å². The number of benzene rings is 1. The standard InChI is InChI=1S/C19H24N2O/c22-19-16-6-2-4-14-3-1-5-15(18(14)16)11-21(19)17-12-20-9-7-13(17)8-10-20/h2,4,6,13,15,17H,1,3,5,7-12H2/t15-,17-/m1/s1/i2D,3D2,4D,6D,11D2,13D,17D. The molecule has 4 aliphatic heterocycles. The molecule has 1 aromatic rings. The van der Waals surface area contributed by atoms with E-state index in [0.29, 0.717) is 25.9 Å². The molecule has 0 unspecified atom stereocenters. The first-order valence-electron chi connectivity index (χ1n) is 12.5. The highest BCUT2D eigenvalue weighted by Crippen LogP contribution is 2.41. The molecule has 0 radical (unpaired) electrons. The Bertz CT molecular complexity index is 1000. The lowest BCUT2D eigenvalue weighted by Crippen LogP contribution is -2.60. The minimum Gasteiger partial charge on any atom is -0.333 e. The second kappa shape index (κ2) is 4.82. The van der Waals surface area contributed by atoms with Crippen LogP contribution < -0.4 is 0 Å². The molecule has 0 N–H and O–H groups in total. The molecule has 1 aromatic carbocycles. The summed E-state index contributed by atoms with van der Waals surface area (Å²) in [5, 5.41) is 0. The van der Waals surface area contributed by atoms with Crippen LogP contribution in [0.2, 0.25) is 0 Å². The molecule has 4 heterocycles. The van der Waals surface area contributed by atoms with Crippen molar-refractivity contribution >= 4 is 5.91 Å². The van der Waals surface area contributed by atoms with E-state index in [-0.39, 0.29) is 36.1 Å². The van der Waals surface area contributed by atoms with Gasteiger partial charge in [0.25, 0.3) is 5.91 Å². The van der Waals surface area contributed by atoms with E-state index < -0.39 is 54.7 Å². The Labute approximate surface area is 144 Å². The SMILES string of the molecule is [2H]c1c([2H])c2c3c(c1[2H])C([2H])([2H])CC[C@@H]3C([2H])([2H])N([C@]1([2H])CN3CCC1([2H])CC3)C2=O. The number of hydrogen-bond acceptors (Lipinski definition) is 2. The molecule has 6 rings (SSSR count). The first kappa shape index (κ1) is 7.04. The van der Waals surface area contributed by atoms with E-state index in [4.69, 9.17) is 11.0 Å². The molecule has 3 saturated heterocycles. The fourth-order valence-corrected chi connectivity index (χ4v) is 4.04. The number of hydrogen-bond donors (Lipinski definition) is 0. The summed E-state index contributed by atoms with van der Waals surface area (Å²) in [5.41, 5.74) is -0.436. The van der Waals surface area contributed by atoms with Crippen LogP contribution >= 0.6 is 0 Å². The smallest absolute Gasteiger partial charge is 0.254 e. The summed E-state index contributed by atoms with van der Waals surface area (Å²) >= 11 is 0. The third-order valence-corrected chi connectivity index (χ3v) is 5.21. The molecule has 5 aliphatic rings. The lowest BCUT2D eigenvalue weighted by atomic mass is 9.75. The Morgan fingerprint density at radius 1 is 1.27 bits per heavy atom. The first-order chi connectivity index (χ1) is 14.3. The summed E-state index contributed by atoms with van der Waals surface area (Å²) in [5.74, 6) is -3.31. The van der Waals surface area contributed by atoms with E-state index in [0.717, 1.165) is 4.90 Å². The van der Waals surface area contributed by atoms with Crippen molar-refractivity contribution in [2.45, 2.75) is 44.0 Å². The van der Waals surface area contributed by atoms with Gasteiger partial charge in [0.2, 0.25) is 0 Å². The predicted octanol–water partition coefficient (Wildman–Crippen LogP) is 2.66. The molecule has 1 aliphatic carbocycles. The Kier molecular flexibility index (Phi) is 1.54. The molecule has 0 spiro atoms. The van der Waals surface area contributed by atoms with Gasteiger partial charge < -0.3 is 9.80 Å². The normalized spacial score (nSPS) is 53.5. The fourth-order valence-electron chi connectivity index (χ4n) is 4.04. The Balaban J connectivity index is 1.79. The predicted molar refractivity (Wildman–Crippen MR) is 86.1 cm³/mol. The largest absolute Gasteiger partial charge is 0.333 e. The second-order valence-corrected chi connectivity index (χ2v) is 6.40. The van der Waals surface area contributed by atoms with Crippen molar-refractivity contribution in [3.63, 3.8) is 0 Å². The highest BCUT2D eigenvalue weighted by atomic mass is 16.2. The molecule has 0 saturated carbocycles. The van der Waals surface area contributed by atoms with Gasteiger partial charge in [-0.25, -0.2) is 0 Å². The zero-order chi connectivity index (χ0) is 22.7. The van der Waals surface area contributed by atoms with Crippen molar-refractivity contribution in [2.75, 3.05) is 26.1 Å². The van der Waals surface area contributed by atoms with Gasteiger partial charge in [0.15, 0.2) is 0 Å².